The average Bonchev–Trinajstić information content (AvgIpc) is 2.61. The predicted octanol–water partition coefficient (Wildman–Crippen LogP) is 4.75. The Morgan fingerprint density at radius 3 is 2.56 bits per heavy atom. The van der Waals surface area contributed by atoms with Gasteiger partial charge in [-0.25, -0.2) is 0 Å². The molecule has 0 aliphatic rings. The van der Waals surface area contributed by atoms with E-state index in [1.54, 1.807) is 0 Å². The number of benzene rings is 3. The first-order valence-electron chi connectivity index (χ1n) is 8.63. The van der Waals surface area contributed by atoms with Gasteiger partial charge in [0, 0.05) is 11.7 Å². The summed E-state index contributed by atoms with van der Waals surface area (Å²) in [7, 11) is 0. The number of aryl methyl sites for hydroxylation is 2. The van der Waals surface area contributed by atoms with Gasteiger partial charge in [-0.1, -0.05) is 60.2 Å². The van der Waals surface area contributed by atoms with Gasteiger partial charge in [-0.3, -0.25) is 4.79 Å². The Labute approximate surface area is 149 Å². The lowest BCUT2D eigenvalue weighted by Crippen LogP contribution is -2.30. The Bertz CT molecular complexity index is 896. The quantitative estimate of drug-likeness (QED) is 0.708. The van der Waals surface area contributed by atoms with Crippen molar-refractivity contribution < 1.29 is 4.79 Å². The summed E-state index contributed by atoms with van der Waals surface area (Å²) in [5, 5.41) is 8.75. The lowest BCUT2D eigenvalue weighted by molar-refractivity contribution is -0.115. The van der Waals surface area contributed by atoms with E-state index in [1.165, 1.54) is 21.9 Å². The summed E-state index contributed by atoms with van der Waals surface area (Å²) in [6.07, 6.45) is 0. The second-order valence-electron chi connectivity index (χ2n) is 6.54. The third-order valence-electron chi connectivity index (χ3n) is 4.51. The van der Waals surface area contributed by atoms with Gasteiger partial charge >= 0.3 is 0 Å². The highest BCUT2D eigenvalue weighted by Crippen LogP contribution is 2.24. The number of hydrogen-bond donors (Lipinski definition) is 2. The highest BCUT2D eigenvalue weighted by atomic mass is 16.1. The van der Waals surface area contributed by atoms with E-state index in [0.717, 1.165) is 11.3 Å². The van der Waals surface area contributed by atoms with E-state index in [4.69, 9.17) is 0 Å². The average molecular weight is 332 g/mol. The monoisotopic (exact) mass is 332 g/mol. The smallest absolute Gasteiger partial charge is 0.238 e. The first-order chi connectivity index (χ1) is 12.0. The molecule has 0 saturated carbocycles. The fourth-order valence-electron chi connectivity index (χ4n) is 3.13. The third-order valence-corrected chi connectivity index (χ3v) is 4.51. The van der Waals surface area contributed by atoms with E-state index < -0.39 is 0 Å². The second-order valence-corrected chi connectivity index (χ2v) is 6.54. The van der Waals surface area contributed by atoms with Gasteiger partial charge in [0.1, 0.15) is 0 Å². The lowest BCUT2D eigenvalue weighted by atomic mass is 10.00. The molecule has 2 N–H and O–H groups in total. The van der Waals surface area contributed by atoms with Crippen LogP contribution in [-0.2, 0) is 4.79 Å². The van der Waals surface area contributed by atoms with Crippen molar-refractivity contribution in [3.63, 3.8) is 0 Å². The van der Waals surface area contributed by atoms with Crippen LogP contribution in [0, 0.1) is 13.8 Å². The molecular formula is C22H24N2O. The van der Waals surface area contributed by atoms with E-state index in [9.17, 15) is 4.79 Å². The maximum absolute atomic E-state index is 12.3. The molecule has 3 aromatic carbocycles. The van der Waals surface area contributed by atoms with Crippen molar-refractivity contribution in [2.45, 2.75) is 26.8 Å². The standard InChI is InChI=1S/C22H24N2O/c1-15-11-12-21(16(2)13-15)24-22(25)14-23-17(3)19-10-6-8-18-7-4-5-9-20(18)19/h4-13,17,23H,14H2,1-3H3,(H,24,25)/t17-/m0/s1. The number of fused-ring (bicyclic) bond motifs is 1. The van der Waals surface area contributed by atoms with Crippen LogP contribution in [0.4, 0.5) is 5.69 Å². The molecule has 0 aromatic heterocycles. The van der Waals surface area contributed by atoms with Crippen LogP contribution in [0.2, 0.25) is 0 Å². The molecule has 0 unspecified atom stereocenters. The van der Waals surface area contributed by atoms with Gasteiger partial charge in [-0.2, -0.15) is 0 Å². The number of hydrogen-bond acceptors (Lipinski definition) is 2. The summed E-state index contributed by atoms with van der Waals surface area (Å²) in [4.78, 5) is 12.3. The van der Waals surface area contributed by atoms with Crippen molar-refractivity contribution in [3.8, 4) is 0 Å². The molecule has 0 aliphatic carbocycles. The van der Waals surface area contributed by atoms with E-state index in [-0.39, 0.29) is 18.5 Å². The minimum absolute atomic E-state index is 0.0287. The summed E-state index contributed by atoms with van der Waals surface area (Å²) in [5.74, 6) is -0.0287. The van der Waals surface area contributed by atoms with Gasteiger partial charge in [0.05, 0.1) is 6.54 Å². The molecule has 128 valence electrons. The molecule has 0 radical (unpaired) electrons. The molecule has 0 fully saturated rings. The number of rotatable bonds is 5. The van der Waals surface area contributed by atoms with Crippen LogP contribution in [0.5, 0.6) is 0 Å². The summed E-state index contributed by atoms with van der Waals surface area (Å²) in [5.41, 5.74) is 4.35. The second kappa shape index (κ2) is 7.49. The predicted molar refractivity (Wildman–Crippen MR) is 105 cm³/mol. The minimum atomic E-state index is -0.0287. The molecule has 0 saturated heterocycles. The Kier molecular flexibility index (Phi) is 5.15. The van der Waals surface area contributed by atoms with Crippen LogP contribution in [0.15, 0.2) is 60.7 Å². The Balaban J connectivity index is 1.65. The fourth-order valence-corrected chi connectivity index (χ4v) is 3.13. The molecule has 3 heteroatoms. The molecule has 25 heavy (non-hydrogen) atoms. The normalized spacial score (nSPS) is 12.1. The van der Waals surface area contributed by atoms with E-state index >= 15 is 0 Å². The zero-order valence-corrected chi connectivity index (χ0v) is 15.0. The van der Waals surface area contributed by atoms with Crippen LogP contribution < -0.4 is 10.6 Å². The molecule has 0 aliphatic heterocycles. The number of carbonyl (C=O) groups is 1. The molecule has 3 aromatic rings. The zero-order valence-electron chi connectivity index (χ0n) is 15.0. The Morgan fingerprint density at radius 2 is 1.76 bits per heavy atom. The van der Waals surface area contributed by atoms with Gasteiger partial charge in [0.2, 0.25) is 5.91 Å². The van der Waals surface area contributed by atoms with Crippen LogP contribution in [0.1, 0.15) is 29.7 Å². The first kappa shape index (κ1) is 17.2. The lowest BCUT2D eigenvalue weighted by Gasteiger charge is -2.17. The van der Waals surface area contributed by atoms with Crippen LogP contribution in [0.25, 0.3) is 10.8 Å². The summed E-state index contributed by atoms with van der Waals surface area (Å²) in [6, 6.07) is 20.7. The number of nitrogens with one attached hydrogen (secondary N) is 2. The SMILES string of the molecule is Cc1ccc(NC(=O)CN[C@@H](C)c2cccc3ccccc23)c(C)c1. The third kappa shape index (κ3) is 4.06. The number of carbonyl (C=O) groups excluding carboxylic acids is 1. The van der Waals surface area contributed by atoms with E-state index in [2.05, 4.69) is 54.0 Å². The molecule has 3 rings (SSSR count). The summed E-state index contributed by atoms with van der Waals surface area (Å²) >= 11 is 0. The number of anilines is 1. The molecule has 0 spiro atoms. The first-order valence-corrected chi connectivity index (χ1v) is 8.63. The van der Waals surface area contributed by atoms with Crippen molar-refractivity contribution in [1.82, 2.24) is 5.32 Å². The molecule has 3 nitrogen and oxygen atoms in total. The molecule has 0 bridgehead atoms. The van der Waals surface area contributed by atoms with Crippen molar-refractivity contribution in [2.24, 2.45) is 0 Å². The van der Waals surface area contributed by atoms with Crippen LogP contribution in [0.3, 0.4) is 0 Å². The van der Waals surface area contributed by atoms with Crippen molar-refractivity contribution >= 4 is 22.4 Å². The Hall–Kier alpha value is -2.65. The van der Waals surface area contributed by atoms with Crippen LogP contribution in [-0.4, -0.2) is 12.5 Å². The van der Waals surface area contributed by atoms with Gasteiger partial charge in [0.25, 0.3) is 0 Å². The van der Waals surface area contributed by atoms with Crippen LogP contribution >= 0.6 is 0 Å². The molecular weight excluding hydrogens is 308 g/mol. The van der Waals surface area contributed by atoms with Gasteiger partial charge in [0.15, 0.2) is 0 Å². The van der Waals surface area contributed by atoms with Gasteiger partial charge in [-0.05, 0) is 48.7 Å². The minimum Gasteiger partial charge on any atom is -0.325 e. The zero-order chi connectivity index (χ0) is 17.8. The van der Waals surface area contributed by atoms with Gasteiger partial charge in [-0.15, -0.1) is 0 Å². The molecule has 0 heterocycles. The highest BCUT2D eigenvalue weighted by molar-refractivity contribution is 5.93. The Morgan fingerprint density at radius 1 is 1.00 bits per heavy atom. The van der Waals surface area contributed by atoms with Crippen molar-refractivity contribution in [2.75, 3.05) is 11.9 Å². The largest absolute Gasteiger partial charge is 0.325 e. The maximum atomic E-state index is 12.3. The van der Waals surface area contributed by atoms with Gasteiger partial charge < -0.3 is 10.6 Å². The van der Waals surface area contributed by atoms with E-state index in [1.807, 2.05) is 38.1 Å². The van der Waals surface area contributed by atoms with Crippen molar-refractivity contribution in [3.05, 3.63) is 77.4 Å². The maximum Gasteiger partial charge on any atom is 0.238 e. The number of amides is 1. The van der Waals surface area contributed by atoms with Crippen molar-refractivity contribution in [1.29, 1.82) is 0 Å². The fraction of sp³-hybridized carbons (Fsp3) is 0.227. The summed E-state index contributed by atoms with van der Waals surface area (Å²) in [6.45, 7) is 6.42. The summed E-state index contributed by atoms with van der Waals surface area (Å²) < 4.78 is 0. The highest BCUT2D eigenvalue weighted by Gasteiger charge is 2.11. The van der Waals surface area contributed by atoms with E-state index in [0.29, 0.717) is 0 Å². The topological polar surface area (TPSA) is 41.1 Å². The molecule has 1 atom stereocenters. The molecule has 1 amide bonds.